The monoisotopic (exact) mass is 222 g/mol. The van der Waals surface area contributed by atoms with Crippen molar-refractivity contribution in [3.05, 3.63) is 30.1 Å². The number of carboxylic acids is 1. The van der Waals surface area contributed by atoms with Gasteiger partial charge in [0.15, 0.2) is 0 Å². The van der Waals surface area contributed by atoms with Crippen molar-refractivity contribution in [1.29, 1.82) is 0 Å². The fourth-order valence-electron chi connectivity index (χ4n) is 1.34. The van der Waals surface area contributed by atoms with E-state index >= 15 is 0 Å². The van der Waals surface area contributed by atoms with E-state index in [1.807, 2.05) is 6.92 Å². The van der Waals surface area contributed by atoms with Crippen LogP contribution in [-0.4, -0.2) is 40.0 Å². The second-order valence-electron chi connectivity index (χ2n) is 3.34. The van der Waals surface area contributed by atoms with Gasteiger partial charge in [0.05, 0.1) is 0 Å². The molecular formula is C11H14N2O3. The molecule has 1 aromatic heterocycles. The molecule has 0 aliphatic heterocycles. The Morgan fingerprint density at radius 2 is 2.19 bits per heavy atom. The Labute approximate surface area is 93.7 Å². The number of nitrogens with zero attached hydrogens (tertiary/aromatic N) is 2. The van der Waals surface area contributed by atoms with Crippen LogP contribution in [0.1, 0.15) is 23.8 Å². The number of carboxylic acid groups (broad SMARTS) is 1. The SMILES string of the molecule is CCCN(CC(=O)O)C(=O)c1ccccn1. The molecule has 0 bridgehead atoms. The van der Waals surface area contributed by atoms with E-state index < -0.39 is 5.97 Å². The van der Waals surface area contributed by atoms with Crippen molar-refractivity contribution in [2.45, 2.75) is 13.3 Å². The van der Waals surface area contributed by atoms with E-state index in [1.54, 1.807) is 18.2 Å². The van der Waals surface area contributed by atoms with Crippen LogP contribution in [0.15, 0.2) is 24.4 Å². The predicted molar refractivity (Wildman–Crippen MR) is 58.1 cm³/mol. The minimum atomic E-state index is -1.02. The summed E-state index contributed by atoms with van der Waals surface area (Å²) in [5.41, 5.74) is 0.275. The van der Waals surface area contributed by atoms with Crippen LogP contribution in [0.5, 0.6) is 0 Å². The smallest absolute Gasteiger partial charge is 0.323 e. The van der Waals surface area contributed by atoms with E-state index in [9.17, 15) is 9.59 Å². The zero-order chi connectivity index (χ0) is 12.0. The summed E-state index contributed by atoms with van der Waals surface area (Å²) < 4.78 is 0. The van der Waals surface area contributed by atoms with Gasteiger partial charge in [0, 0.05) is 12.7 Å². The Kier molecular flexibility index (Phi) is 4.44. The Balaban J connectivity index is 2.78. The fourth-order valence-corrected chi connectivity index (χ4v) is 1.34. The molecule has 1 aromatic rings. The largest absolute Gasteiger partial charge is 0.480 e. The first kappa shape index (κ1) is 12.2. The van der Waals surface area contributed by atoms with Crippen molar-refractivity contribution in [1.82, 2.24) is 9.88 Å². The molecule has 1 N–H and O–H groups in total. The van der Waals surface area contributed by atoms with Crippen LogP contribution >= 0.6 is 0 Å². The summed E-state index contributed by atoms with van der Waals surface area (Å²) >= 11 is 0. The lowest BCUT2D eigenvalue weighted by molar-refractivity contribution is -0.137. The van der Waals surface area contributed by atoms with Crippen molar-refractivity contribution in [2.75, 3.05) is 13.1 Å². The molecule has 0 aliphatic carbocycles. The highest BCUT2D eigenvalue weighted by molar-refractivity contribution is 5.94. The molecule has 0 aromatic carbocycles. The second-order valence-corrected chi connectivity index (χ2v) is 3.34. The molecule has 0 radical (unpaired) electrons. The topological polar surface area (TPSA) is 70.5 Å². The summed E-state index contributed by atoms with van der Waals surface area (Å²) in [5.74, 6) is -1.36. The number of amides is 1. The number of aromatic nitrogens is 1. The molecule has 0 saturated heterocycles. The van der Waals surface area contributed by atoms with Crippen LogP contribution in [-0.2, 0) is 4.79 Å². The number of hydrogen-bond donors (Lipinski definition) is 1. The van der Waals surface area contributed by atoms with E-state index in [2.05, 4.69) is 4.98 Å². The summed E-state index contributed by atoms with van der Waals surface area (Å²) in [4.78, 5) is 27.7. The highest BCUT2D eigenvalue weighted by atomic mass is 16.4. The van der Waals surface area contributed by atoms with Crippen LogP contribution in [0.4, 0.5) is 0 Å². The number of hydrogen-bond acceptors (Lipinski definition) is 3. The molecule has 16 heavy (non-hydrogen) atoms. The summed E-state index contributed by atoms with van der Waals surface area (Å²) in [5, 5.41) is 8.69. The Morgan fingerprint density at radius 1 is 1.44 bits per heavy atom. The van der Waals surface area contributed by atoms with Crippen LogP contribution in [0.3, 0.4) is 0 Å². The van der Waals surface area contributed by atoms with Gasteiger partial charge in [-0.2, -0.15) is 0 Å². The van der Waals surface area contributed by atoms with Crippen LogP contribution in [0.2, 0.25) is 0 Å². The third-order valence-electron chi connectivity index (χ3n) is 1.99. The lowest BCUT2D eigenvalue weighted by atomic mass is 10.3. The Morgan fingerprint density at radius 3 is 2.69 bits per heavy atom. The molecule has 5 nitrogen and oxygen atoms in total. The molecule has 5 heteroatoms. The first-order valence-electron chi connectivity index (χ1n) is 5.07. The van der Waals surface area contributed by atoms with Crippen molar-refractivity contribution in [3.8, 4) is 0 Å². The van der Waals surface area contributed by atoms with Gasteiger partial charge in [0.25, 0.3) is 5.91 Å². The maximum Gasteiger partial charge on any atom is 0.323 e. The van der Waals surface area contributed by atoms with E-state index in [4.69, 9.17) is 5.11 Å². The van der Waals surface area contributed by atoms with Gasteiger partial charge in [-0.25, -0.2) is 0 Å². The maximum absolute atomic E-state index is 11.9. The van der Waals surface area contributed by atoms with Crippen molar-refractivity contribution >= 4 is 11.9 Å². The zero-order valence-electron chi connectivity index (χ0n) is 9.09. The highest BCUT2D eigenvalue weighted by Gasteiger charge is 2.18. The standard InChI is InChI=1S/C11H14N2O3/c1-2-7-13(8-10(14)15)11(16)9-5-3-4-6-12-9/h3-6H,2,7-8H2,1H3,(H,14,15). The zero-order valence-corrected chi connectivity index (χ0v) is 9.09. The molecule has 1 rings (SSSR count). The van der Waals surface area contributed by atoms with Crippen LogP contribution in [0.25, 0.3) is 0 Å². The number of pyridine rings is 1. The van der Waals surface area contributed by atoms with E-state index in [0.29, 0.717) is 13.0 Å². The van der Waals surface area contributed by atoms with Crippen molar-refractivity contribution in [3.63, 3.8) is 0 Å². The third-order valence-corrected chi connectivity index (χ3v) is 1.99. The minimum Gasteiger partial charge on any atom is -0.480 e. The molecule has 1 amide bonds. The molecule has 0 atom stereocenters. The summed E-state index contributed by atoms with van der Waals surface area (Å²) in [7, 11) is 0. The van der Waals surface area contributed by atoms with Gasteiger partial charge in [-0.15, -0.1) is 0 Å². The van der Waals surface area contributed by atoms with E-state index in [1.165, 1.54) is 11.1 Å². The number of carbonyl (C=O) groups excluding carboxylic acids is 1. The van der Waals surface area contributed by atoms with Gasteiger partial charge in [0.1, 0.15) is 12.2 Å². The molecule has 0 fully saturated rings. The first-order valence-corrected chi connectivity index (χ1v) is 5.07. The third kappa shape index (κ3) is 3.34. The average Bonchev–Trinajstić information content (AvgIpc) is 2.28. The molecule has 1 heterocycles. The Hall–Kier alpha value is -1.91. The van der Waals surface area contributed by atoms with Crippen molar-refractivity contribution in [2.24, 2.45) is 0 Å². The highest BCUT2D eigenvalue weighted by Crippen LogP contribution is 2.02. The average molecular weight is 222 g/mol. The second kappa shape index (κ2) is 5.85. The quantitative estimate of drug-likeness (QED) is 0.807. The summed E-state index contributed by atoms with van der Waals surface area (Å²) in [6.07, 6.45) is 2.23. The molecule has 86 valence electrons. The lowest BCUT2D eigenvalue weighted by Crippen LogP contribution is -2.36. The lowest BCUT2D eigenvalue weighted by Gasteiger charge is -2.19. The molecule has 0 saturated carbocycles. The fraction of sp³-hybridized carbons (Fsp3) is 0.364. The van der Waals surface area contributed by atoms with Gasteiger partial charge < -0.3 is 10.0 Å². The van der Waals surface area contributed by atoms with Gasteiger partial charge in [0.2, 0.25) is 0 Å². The van der Waals surface area contributed by atoms with Gasteiger partial charge in [-0.05, 0) is 18.6 Å². The van der Waals surface area contributed by atoms with Crippen molar-refractivity contribution < 1.29 is 14.7 Å². The number of aliphatic carboxylic acids is 1. The van der Waals surface area contributed by atoms with Gasteiger partial charge in [-0.1, -0.05) is 13.0 Å². The number of carbonyl (C=O) groups is 2. The Bertz CT molecular complexity index is 365. The van der Waals surface area contributed by atoms with Crippen LogP contribution < -0.4 is 0 Å². The summed E-state index contributed by atoms with van der Waals surface area (Å²) in [6, 6.07) is 4.98. The molecule has 0 spiro atoms. The molecule has 0 aliphatic rings. The number of rotatable bonds is 5. The summed E-state index contributed by atoms with van der Waals surface area (Å²) in [6.45, 7) is 2.02. The molecule has 0 unspecified atom stereocenters. The minimum absolute atomic E-state index is 0.275. The molecular weight excluding hydrogens is 208 g/mol. The van der Waals surface area contributed by atoms with E-state index in [-0.39, 0.29) is 18.1 Å². The van der Waals surface area contributed by atoms with E-state index in [0.717, 1.165) is 0 Å². The van der Waals surface area contributed by atoms with Gasteiger partial charge in [-0.3, -0.25) is 14.6 Å². The maximum atomic E-state index is 11.9. The van der Waals surface area contributed by atoms with Gasteiger partial charge >= 0.3 is 5.97 Å². The van der Waals surface area contributed by atoms with Crippen LogP contribution in [0, 0.1) is 0 Å². The normalized spacial score (nSPS) is 9.81. The predicted octanol–water partition coefficient (Wildman–Crippen LogP) is 1.02. The first-order chi connectivity index (χ1) is 7.65.